The summed E-state index contributed by atoms with van der Waals surface area (Å²) in [4.78, 5) is 13.6. The molecule has 0 aromatic heterocycles. The fourth-order valence-electron chi connectivity index (χ4n) is 2.11. The van der Waals surface area contributed by atoms with E-state index in [0.29, 0.717) is 24.2 Å². The molecule has 4 heteroatoms. The van der Waals surface area contributed by atoms with Gasteiger partial charge in [0, 0.05) is 23.7 Å². The molecule has 1 unspecified atom stereocenters. The lowest BCUT2D eigenvalue weighted by Gasteiger charge is -2.33. The highest BCUT2D eigenvalue weighted by molar-refractivity contribution is 5.95. The average Bonchev–Trinajstić information content (AvgIpc) is 2.29. The van der Waals surface area contributed by atoms with Crippen molar-refractivity contribution >= 4 is 11.6 Å². The summed E-state index contributed by atoms with van der Waals surface area (Å²) in [6.07, 6.45) is -0.230. The SMILES string of the molecule is CC(C)C(=O)N1CCC(O)c2cc(F)ccc21. The first-order valence-corrected chi connectivity index (χ1v) is 5.79. The van der Waals surface area contributed by atoms with Crippen LogP contribution in [-0.4, -0.2) is 17.6 Å². The molecule has 0 bridgehead atoms. The molecule has 1 atom stereocenters. The predicted molar refractivity (Wildman–Crippen MR) is 63.2 cm³/mol. The zero-order valence-electron chi connectivity index (χ0n) is 9.98. The maximum absolute atomic E-state index is 13.1. The predicted octanol–water partition coefficient (Wildman–Crippen LogP) is 2.25. The Morgan fingerprint density at radius 2 is 2.24 bits per heavy atom. The van der Waals surface area contributed by atoms with Crippen LogP contribution in [0.15, 0.2) is 18.2 Å². The normalized spacial score (nSPS) is 19.4. The van der Waals surface area contributed by atoms with Gasteiger partial charge in [-0.2, -0.15) is 0 Å². The highest BCUT2D eigenvalue weighted by atomic mass is 19.1. The number of nitrogens with zero attached hydrogens (tertiary/aromatic N) is 1. The van der Waals surface area contributed by atoms with Crippen LogP contribution in [0.25, 0.3) is 0 Å². The molecule has 0 aliphatic carbocycles. The smallest absolute Gasteiger partial charge is 0.229 e. The number of carbonyl (C=O) groups is 1. The number of hydrogen-bond donors (Lipinski definition) is 1. The number of carbonyl (C=O) groups excluding carboxylic acids is 1. The minimum Gasteiger partial charge on any atom is -0.388 e. The summed E-state index contributed by atoms with van der Waals surface area (Å²) in [5, 5.41) is 9.82. The molecule has 17 heavy (non-hydrogen) atoms. The molecular formula is C13H16FNO2. The third kappa shape index (κ3) is 2.17. The molecule has 1 aliphatic rings. The molecule has 0 radical (unpaired) electrons. The molecule has 1 aromatic rings. The van der Waals surface area contributed by atoms with Gasteiger partial charge in [-0.15, -0.1) is 0 Å². The molecule has 92 valence electrons. The molecule has 1 N–H and O–H groups in total. The monoisotopic (exact) mass is 237 g/mol. The minimum absolute atomic E-state index is 0.00441. The zero-order chi connectivity index (χ0) is 12.6. The number of aliphatic hydroxyl groups excluding tert-OH is 1. The largest absolute Gasteiger partial charge is 0.388 e. The molecule has 1 amide bonds. The van der Waals surface area contributed by atoms with Crippen molar-refractivity contribution in [1.82, 2.24) is 0 Å². The van der Waals surface area contributed by atoms with Crippen LogP contribution in [0.3, 0.4) is 0 Å². The summed E-state index contributed by atoms with van der Waals surface area (Å²) < 4.78 is 13.1. The van der Waals surface area contributed by atoms with Gasteiger partial charge in [0.1, 0.15) is 5.82 Å². The molecule has 3 nitrogen and oxygen atoms in total. The maximum Gasteiger partial charge on any atom is 0.229 e. The first kappa shape index (κ1) is 12.0. The van der Waals surface area contributed by atoms with E-state index < -0.39 is 6.10 Å². The molecule has 0 fully saturated rings. The number of hydrogen-bond acceptors (Lipinski definition) is 2. The van der Waals surface area contributed by atoms with E-state index in [1.165, 1.54) is 12.1 Å². The van der Waals surface area contributed by atoms with Gasteiger partial charge in [-0.05, 0) is 24.6 Å². The molecule has 1 aliphatic heterocycles. The lowest BCUT2D eigenvalue weighted by atomic mass is 9.97. The van der Waals surface area contributed by atoms with Crippen LogP contribution < -0.4 is 4.90 Å². The Kier molecular flexibility index (Phi) is 3.15. The second-order valence-corrected chi connectivity index (χ2v) is 4.65. The van der Waals surface area contributed by atoms with Crippen LogP contribution in [0, 0.1) is 11.7 Å². The van der Waals surface area contributed by atoms with Gasteiger partial charge in [-0.3, -0.25) is 4.79 Å². The van der Waals surface area contributed by atoms with Crippen LogP contribution in [-0.2, 0) is 4.79 Å². The number of halogens is 1. The molecular weight excluding hydrogens is 221 g/mol. The van der Waals surface area contributed by atoms with E-state index >= 15 is 0 Å². The minimum atomic E-state index is -0.683. The van der Waals surface area contributed by atoms with Gasteiger partial charge in [-0.25, -0.2) is 4.39 Å². The van der Waals surface area contributed by atoms with E-state index in [1.807, 2.05) is 13.8 Å². The van der Waals surface area contributed by atoms with Crippen molar-refractivity contribution in [2.45, 2.75) is 26.4 Å². The summed E-state index contributed by atoms with van der Waals surface area (Å²) >= 11 is 0. The van der Waals surface area contributed by atoms with Crippen molar-refractivity contribution in [3.63, 3.8) is 0 Å². The summed E-state index contributed by atoms with van der Waals surface area (Å²) in [5.74, 6) is -0.491. The summed E-state index contributed by atoms with van der Waals surface area (Å²) in [6, 6.07) is 4.19. The lowest BCUT2D eigenvalue weighted by molar-refractivity contribution is -0.121. The van der Waals surface area contributed by atoms with Crippen LogP contribution in [0.5, 0.6) is 0 Å². The van der Waals surface area contributed by atoms with Crippen molar-refractivity contribution < 1.29 is 14.3 Å². The molecule has 0 spiro atoms. The van der Waals surface area contributed by atoms with Gasteiger partial charge in [0.2, 0.25) is 5.91 Å². The topological polar surface area (TPSA) is 40.5 Å². The summed E-state index contributed by atoms with van der Waals surface area (Å²) in [5.41, 5.74) is 1.13. The van der Waals surface area contributed by atoms with Crippen LogP contribution >= 0.6 is 0 Å². The first-order chi connectivity index (χ1) is 8.00. The Morgan fingerprint density at radius 3 is 2.88 bits per heavy atom. The number of aliphatic hydroxyl groups is 1. The van der Waals surface area contributed by atoms with Crippen LogP contribution in [0.2, 0.25) is 0 Å². The number of amides is 1. The second kappa shape index (κ2) is 4.45. The second-order valence-electron chi connectivity index (χ2n) is 4.65. The van der Waals surface area contributed by atoms with Gasteiger partial charge in [0.05, 0.1) is 6.10 Å². The Hall–Kier alpha value is -1.42. The summed E-state index contributed by atoms with van der Waals surface area (Å²) in [7, 11) is 0. The highest BCUT2D eigenvalue weighted by Gasteiger charge is 2.28. The average molecular weight is 237 g/mol. The first-order valence-electron chi connectivity index (χ1n) is 5.79. The van der Waals surface area contributed by atoms with Gasteiger partial charge >= 0.3 is 0 Å². The third-order valence-electron chi connectivity index (χ3n) is 3.03. The molecule has 0 saturated carbocycles. The standard InChI is InChI=1S/C13H16FNO2/c1-8(2)13(17)15-6-5-12(16)10-7-9(14)3-4-11(10)15/h3-4,7-8,12,16H,5-6H2,1-2H3. The fourth-order valence-corrected chi connectivity index (χ4v) is 2.11. The van der Waals surface area contributed by atoms with Crippen molar-refractivity contribution in [2.24, 2.45) is 5.92 Å². The van der Waals surface area contributed by atoms with Crippen molar-refractivity contribution in [3.8, 4) is 0 Å². The molecule has 1 heterocycles. The van der Waals surface area contributed by atoms with Gasteiger partial charge in [0.25, 0.3) is 0 Å². The van der Waals surface area contributed by atoms with E-state index in [0.717, 1.165) is 0 Å². The molecule has 2 rings (SSSR count). The zero-order valence-corrected chi connectivity index (χ0v) is 9.98. The van der Waals surface area contributed by atoms with Gasteiger partial charge in [0.15, 0.2) is 0 Å². The quantitative estimate of drug-likeness (QED) is 0.813. The third-order valence-corrected chi connectivity index (χ3v) is 3.03. The highest BCUT2D eigenvalue weighted by Crippen LogP contribution is 2.34. The Bertz CT molecular complexity index is 445. The Morgan fingerprint density at radius 1 is 1.53 bits per heavy atom. The number of fused-ring (bicyclic) bond motifs is 1. The number of anilines is 1. The van der Waals surface area contributed by atoms with Crippen LogP contribution in [0.4, 0.5) is 10.1 Å². The van der Waals surface area contributed by atoms with Crippen molar-refractivity contribution in [3.05, 3.63) is 29.6 Å². The molecule has 0 saturated heterocycles. The number of benzene rings is 1. The number of rotatable bonds is 1. The lowest BCUT2D eigenvalue weighted by Crippen LogP contribution is -2.39. The van der Waals surface area contributed by atoms with E-state index in [-0.39, 0.29) is 17.6 Å². The van der Waals surface area contributed by atoms with Gasteiger partial charge in [-0.1, -0.05) is 13.8 Å². The summed E-state index contributed by atoms with van der Waals surface area (Å²) in [6.45, 7) is 4.14. The van der Waals surface area contributed by atoms with E-state index in [2.05, 4.69) is 0 Å². The fraction of sp³-hybridized carbons (Fsp3) is 0.462. The maximum atomic E-state index is 13.1. The van der Waals surface area contributed by atoms with Crippen LogP contribution in [0.1, 0.15) is 31.9 Å². The van der Waals surface area contributed by atoms with E-state index in [4.69, 9.17) is 0 Å². The molecule has 1 aromatic carbocycles. The van der Waals surface area contributed by atoms with Gasteiger partial charge < -0.3 is 10.0 Å². The van der Waals surface area contributed by atoms with E-state index in [9.17, 15) is 14.3 Å². The Labute approximate surface area is 99.9 Å². The Balaban J connectivity index is 2.42. The van der Waals surface area contributed by atoms with Crippen molar-refractivity contribution in [2.75, 3.05) is 11.4 Å². The van der Waals surface area contributed by atoms with E-state index in [1.54, 1.807) is 11.0 Å². The van der Waals surface area contributed by atoms with Crippen molar-refractivity contribution in [1.29, 1.82) is 0 Å².